The van der Waals surface area contributed by atoms with E-state index in [9.17, 15) is 0 Å². The summed E-state index contributed by atoms with van der Waals surface area (Å²) in [5, 5.41) is 0. The van der Waals surface area contributed by atoms with Crippen LogP contribution in [0.5, 0.6) is 0 Å². The minimum atomic E-state index is 0.551. The Labute approximate surface area is 56.8 Å². The lowest BCUT2D eigenvalue weighted by Gasteiger charge is -2.25. The highest BCUT2D eigenvalue weighted by Gasteiger charge is 2.15. The molecular formula is C7H14N2. The van der Waals surface area contributed by atoms with Crippen LogP contribution in [0.1, 0.15) is 13.8 Å². The van der Waals surface area contributed by atoms with Crippen LogP contribution in [0, 0.1) is 0 Å². The molecule has 0 unspecified atom stereocenters. The molecule has 1 atom stereocenters. The Hall–Kier alpha value is -0.660. The molecule has 2 heteroatoms. The second-order valence-corrected chi connectivity index (χ2v) is 2.43. The van der Waals surface area contributed by atoms with Crippen molar-refractivity contribution in [1.82, 2.24) is 9.80 Å². The van der Waals surface area contributed by atoms with Crippen molar-refractivity contribution in [3.8, 4) is 0 Å². The molecule has 0 saturated carbocycles. The maximum atomic E-state index is 2.29. The van der Waals surface area contributed by atoms with E-state index in [1.165, 1.54) is 0 Å². The molecule has 0 aromatic carbocycles. The van der Waals surface area contributed by atoms with Crippen molar-refractivity contribution < 1.29 is 0 Å². The van der Waals surface area contributed by atoms with Crippen LogP contribution in [0.2, 0.25) is 0 Å². The number of nitrogens with zero attached hydrogens (tertiary/aromatic N) is 2. The third-order valence-corrected chi connectivity index (χ3v) is 1.93. The first-order valence-corrected chi connectivity index (χ1v) is 3.41. The molecule has 1 heterocycles. The third-order valence-electron chi connectivity index (χ3n) is 1.93. The summed E-state index contributed by atoms with van der Waals surface area (Å²) in [6.45, 7) is 5.46. The lowest BCUT2D eigenvalue weighted by atomic mass is 10.5. The Morgan fingerprint density at radius 3 is 2.33 bits per heavy atom. The second kappa shape index (κ2) is 2.29. The smallest absolute Gasteiger partial charge is 0.0974 e. The van der Waals surface area contributed by atoms with Crippen molar-refractivity contribution in [2.75, 3.05) is 13.6 Å². The fraction of sp³-hybridized carbons (Fsp3) is 0.714. The van der Waals surface area contributed by atoms with E-state index in [-0.39, 0.29) is 0 Å². The summed E-state index contributed by atoms with van der Waals surface area (Å²) >= 11 is 0. The van der Waals surface area contributed by atoms with Crippen LogP contribution in [0.15, 0.2) is 12.4 Å². The fourth-order valence-electron chi connectivity index (χ4n) is 1.04. The Balaban J connectivity index is 2.51. The van der Waals surface area contributed by atoms with Crippen LogP contribution in [-0.4, -0.2) is 29.6 Å². The van der Waals surface area contributed by atoms with E-state index >= 15 is 0 Å². The first-order valence-electron chi connectivity index (χ1n) is 3.41. The van der Waals surface area contributed by atoms with Gasteiger partial charge in [-0.15, -0.1) is 0 Å². The topological polar surface area (TPSA) is 6.48 Å². The van der Waals surface area contributed by atoms with Gasteiger partial charge in [-0.1, -0.05) is 0 Å². The summed E-state index contributed by atoms with van der Waals surface area (Å²) in [5.74, 6) is 0. The lowest BCUT2D eigenvalue weighted by molar-refractivity contribution is 0.203. The van der Waals surface area contributed by atoms with Crippen LogP contribution in [0.3, 0.4) is 0 Å². The first kappa shape index (κ1) is 6.46. The standard InChI is InChI=1S/C7H14N2/c1-4-9-6-5-8(3)7(9)2/h5-7H,4H2,1-3H3/t7-/m1/s1. The normalized spacial score (nSPS) is 25.9. The molecular weight excluding hydrogens is 112 g/mol. The lowest BCUT2D eigenvalue weighted by Crippen LogP contribution is -2.33. The van der Waals surface area contributed by atoms with Crippen molar-refractivity contribution in [2.24, 2.45) is 0 Å². The predicted octanol–water partition coefficient (Wildman–Crippen LogP) is 1.07. The zero-order chi connectivity index (χ0) is 6.85. The van der Waals surface area contributed by atoms with Gasteiger partial charge in [0.05, 0.1) is 6.17 Å². The van der Waals surface area contributed by atoms with Gasteiger partial charge in [-0.3, -0.25) is 0 Å². The molecule has 0 bridgehead atoms. The van der Waals surface area contributed by atoms with Gasteiger partial charge < -0.3 is 9.80 Å². The summed E-state index contributed by atoms with van der Waals surface area (Å²) < 4.78 is 0. The summed E-state index contributed by atoms with van der Waals surface area (Å²) in [5.41, 5.74) is 0. The highest BCUT2D eigenvalue weighted by molar-refractivity contribution is 4.92. The fourth-order valence-corrected chi connectivity index (χ4v) is 1.04. The van der Waals surface area contributed by atoms with Crippen molar-refractivity contribution in [3.63, 3.8) is 0 Å². The summed E-state index contributed by atoms with van der Waals surface area (Å²) in [7, 11) is 2.09. The third kappa shape index (κ3) is 1.02. The molecule has 0 fully saturated rings. The van der Waals surface area contributed by atoms with E-state index in [0.717, 1.165) is 6.54 Å². The van der Waals surface area contributed by atoms with Crippen molar-refractivity contribution in [1.29, 1.82) is 0 Å². The molecule has 0 radical (unpaired) electrons. The van der Waals surface area contributed by atoms with Crippen LogP contribution < -0.4 is 0 Å². The van der Waals surface area contributed by atoms with Gasteiger partial charge in [-0.25, -0.2) is 0 Å². The van der Waals surface area contributed by atoms with Crippen molar-refractivity contribution in [3.05, 3.63) is 12.4 Å². The van der Waals surface area contributed by atoms with Gasteiger partial charge in [-0.05, 0) is 13.8 Å². The SMILES string of the molecule is CCN1C=CN(C)[C@H]1C. The minimum absolute atomic E-state index is 0.551. The van der Waals surface area contributed by atoms with E-state index in [4.69, 9.17) is 0 Å². The van der Waals surface area contributed by atoms with Gasteiger partial charge in [0.25, 0.3) is 0 Å². The molecule has 9 heavy (non-hydrogen) atoms. The maximum Gasteiger partial charge on any atom is 0.0974 e. The Bertz CT molecular complexity index is 120. The van der Waals surface area contributed by atoms with E-state index < -0.39 is 0 Å². The zero-order valence-electron chi connectivity index (χ0n) is 6.33. The first-order chi connectivity index (χ1) is 4.25. The number of rotatable bonds is 1. The van der Waals surface area contributed by atoms with Gasteiger partial charge in [-0.2, -0.15) is 0 Å². The van der Waals surface area contributed by atoms with Crippen molar-refractivity contribution in [2.45, 2.75) is 20.0 Å². The molecule has 0 N–H and O–H groups in total. The number of hydrogen-bond donors (Lipinski definition) is 0. The largest absolute Gasteiger partial charge is 0.359 e. The monoisotopic (exact) mass is 126 g/mol. The highest BCUT2D eigenvalue weighted by Crippen LogP contribution is 2.11. The predicted molar refractivity (Wildman–Crippen MR) is 38.7 cm³/mol. The van der Waals surface area contributed by atoms with Gasteiger partial charge in [0.1, 0.15) is 0 Å². The van der Waals surface area contributed by atoms with E-state index in [1.54, 1.807) is 0 Å². The van der Waals surface area contributed by atoms with Crippen LogP contribution in [0.4, 0.5) is 0 Å². The Morgan fingerprint density at radius 1 is 1.44 bits per heavy atom. The maximum absolute atomic E-state index is 2.29. The van der Waals surface area contributed by atoms with Crippen LogP contribution >= 0.6 is 0 Å². The molecule has 0 spiro atoms. The zero-order valence-corrected chi connectivity index (χ0v) is 6.33. The molecule has 1 aliphatic heterocycles. The summed E-state index contributed by atoms with van der Waals surface area (Å²) in [6, 6.07) is 0. The van der Waals surface area contributed by atoms with Crippen molar-refractivity contribution >= 4 is 0 Å². The molecule has 1 rings (SSSR count). The van der Waals surface area contributed by atoms with Gasteiger partial charge in [0.15, 0.2) is 0 Å². The average molecular weight is 126 g/mol. The Morgan fingerprint density at radius 2 is 2.11 bits per heavy atom. The molecule has 2 nitrogen and oxygen atoms in total. The molecule has 0 aromatic heterocycles. The number of hydrogen-bond acceptors (Lipinski definition) is 2. The van der Waals surface area contributed by atoms with Crippen LogP contribution in [0.25, 0.3) is 0 Å². The van der Waals surface area contributed by atoms with Crippen LogP contribution in [-0.2, 0) is 0 Å². The van der Waals surface area contributed by atoms with E-state index in [0.29, 0.717) is 6.17 Å². The summed E-state index contributed by atoms with van der Waals surface area (Å²) in [4.78, 5) is 4.49. The molecule has 52 valence electrons. The van der Waals surface area contributed by atoms with Gasteiger partial charge in [0.2, 0.25) is 0 Å². The van der Waals surface area contributed by atoms with E-state index in [1.807, 2.05) is 0 Å². The average Bonchev–Trinajstić information content (AvgIpc) is 2.15. The van der Waals surface area contributed by atoms with Gasteiger partial charge in [0, 0.05) is 26.0 Å². The summed E-state index contributed by atoms with van der Waals surface area (Å²) in [6.07, 6.45) is 4.79. The highest BCUT2D eigenvalue weighted by atomic mass is 15.4. The van der Waals surface area contributed by atoms with Gasteiger partial charge >= 0.3 is 0 Å². The Kier molecular flexibility index (Phi) is 1.65. The molecule has 0 aromatic rings. The quantitative estimate of drug-likeness (QED) is 0.518. The molecule has 0 amide bonds. The second-order valence-electron chi connectivity index (χ2n) is 2.43. The minimum Gasteiger partial charge on any atom is -0.359 e. The molecule has 0 saturated heterocycles. The molecule has 0 aliphatic carbocycles. The molecule has 1 aliphatic rings. The van der Waals surface area contributed by atoms with E-state index in [2.05, 4.69) is 43.1 Å².